The molecule has 1 N–H and O–H groups in total. The van der Waals surface area contributed by atoms with Crippen LogP contribution in [0.1, 0.15) is 36.4 Å². The number of amides is 1. The molecule has 6 nitrogen and oxygen atoms in total. The third-order valence-corrected chi connectivity index (χ3v) is 3.98. The summed E-state index contributed by atoms with van der Waals surface area (Å²) in [4.78, 5) is 18.3. The van der Waals surface area contributed by atoms with Gasteiger partial charge in [-0.3, -0.25) is 14.5 Å². The summed E-state index contributed by atoms with van der Waals surface area (Å²) in [5, 5.41) is 14.3. The number of rotatable bonds is 4. The number of fused-ring (bicyclic) bond motifs is 1. The fraction of sp³-hybridized carbons (Fsp3) is 0.438. The van der Waals surface area contributed by atoms with E-state index in [-0.39, 0.29) is 5.91 Å². The molecule has 6 heteroatoms. The van der Waals surface area contributed by atoms with Crippen molar-refractivity contribution in [3.63, 3.8) is 0 Å². The van der Waals surface area contributed by atoms with Crippen LogP contribution in [0.2, 0.25) is 0 Å². The van der Waals surface area contributed by atoms with Crippen molar-refractivity contribution >= 4 is 5.91 Å². The van der Waals surface area contributed by atoms with E-state index in [1.54, 1.807) is 12.4 Å². The van der Waals surface area contributed by atoms with E-state index in [0.717, 1.165) is 11.3 Å². The van der Waals surface area contributed by atoms with Gasteiger partial charge in [0.2, 0.25) is 5.91 Å². The van der Waals surface area contributed by atoms with Gasteiger partial charge in [-0.15, -0.1) is 0 Å². The monoisotopic (exact) mass is 300 g/mol. The van der Waals surface area contributed by atoms with Crippen LogP contribution in [0, 0.1) is 0 Å². The van der Waals surface area contributed by atoms with Crippen LogP contribution in [0.5, 0.6) is 0 Å². The predicted octanol–water partition coefficient (Wildman–Crippen LogP) is 1.31. The van der Waals surface area contributed by atoms with Crippen molar-refractivity contribution in [1.29, 1.82) is 0 Å². The molecule has 3 rings (SSSR count). The van der Waals surface area contributed by atoms with Gasteiger partial charge < -0.3 is 10.0 Å². The van der Waals surface area contributed by atoms with Crippen molar-refractivity contribution in [2.45, 2.75) is 39.0 Å². The lowest BCUT2D eigenvalue weighted by atomic mass is 10.1. The molecule has 116 valence electrons. The topological polar surface area (TPSA) is 71.2 Å². The third-order valence-electron chi connectivity index (χ3n) is 3.98. The normalized spacial score (nSPS) is 15.5. The second-order valence-corrected chi connectivity index (χ2v) is 5.56. The lowest BCUT2D eigenvalue weighted by Crippen LogP contribution is -2.39. The van der Waals surface area contributed by atoms with Crippen LogP contribution in [0.3, 0.4) is 0 Å². The van der Waals surface area contributed by atoms with Gasteiger partial charge in [-0.1, -0.05) is 13.0 Å². The van der Waals surface area contributed by atoms with Crippen molar-refractivity contribution in [1.82, 2.24) is 19.7 Å². The Balaban J connectivity index is 1.68. The number of carbonyl (C=O) groups is 1. The van der Waals surface area contributed by atoms with E-state index in [1.165, 1.54) is 0 Å². The summed E-state index contributed by atoms with van der Waals surface area (Å²) in [5.74, 6) is 0.0954. The Morgan fingerprint density at radius 1 is 1.45 bits per heavy atom. The number of nitrogens with zero attached hydrogens (tertiary/aromatic N) is 4. The molecule has 22 heavy (non-hydrogen) atoms. The molecule has 1 atom stereocenters. The number of aliphatic hydroxyl groups is 1. The standard InChI is InChI=1S/C16H20N4O2/c1-2-15(21)14-9-13-11-19(6-7-20(13)18-14)16(22)8-12-4-3-5-17-10-12/h3-5,9-10,15,21H,2,6-8,11H2,1H3/t15-/m1/s1. The van der Waals surface area contributed by atoms with E-state index in [0.29, 0.717) is 38.2 Å². The number of carbonyl (C=O) groups excluding carboxylic acids is 1. The smallest absolute Gasteiger partial charge is 0.227 e. The van der Waals surface area contributed by atoms with E-state index in [4.69, 9.17) is 0 Å². The molecule has 1 aliphatic rings. The molecule has 1 aliphatic heterocycles. The number of aliphatic hydroxyl groups excluding tert-OH is 1. The highest BCUT2D eigenvalue weighted by atomic mass is 16.3. The number of hydrogen-bond donors (Lipinski definition) is 1. The fourth-order valence-electron chi connectivity index (χ4n) is 2.66. The quantitative estimate of drug-likeness (QED) is 0.924. The van der Waals surface area contributed by atoms with Crippen molar-refractivity contribution in [3.8, 4) is 0 Å². The van der Waals surface area contributed by atoms with Crippen molar-refractivity contribution in [3.05, 3.63) is 47.5 Å². The molecule has 1 amide bonds. The predicted molar refractivity (Wildman–Crippen MR) is 80.8 cm³/mol. The molecule has 0 aliphatic carbocycles. The van der Waals surface area contributed by atoms with Gasteiger partial charge in [-0.2, -0.15) is 5.10 Å². The summed E-state index contributed by atoms with van der Waals surface area (Å²) in [5.41, 5.74) is 2.60. The van der Waals surface area contributed by atoms with Crippen LogP contribution < -0.4 is 0 Å². The van der Waals surface area contributed by atoms with Gasteiger partial charge >= 0.3 is 0 Å². The van der Waals surface area contributed by atoms with E-state index in [9.17, 15) is 9.90 Å². The lowest BCUT2D eigenvalue weighted by molar-refractivity contribution is -0.132. The summed E-state index contributed by atoms with van der Waals surface area (Å²) in [6.45, 7) is 3.79. The van der Waals surface area contributed by atoms with Gasteiger partial charge in [-0.25, -0.2) is 0 Å². The minimum atomic E-state index is -0.530. The zero-order chi connectivity index (χ0) is 15.5. The molecule has 0 radical (unpaired) electrons. The van der Waals surface area contributed by atoms with Crippen molar-refractivity contribution < 1.29 is 9.90 Å². The van der Waals surface area contributed by atoms with Gasteiger partial charge in [0.05, 0.1) is 37.0 Å². The van der Waals surface area contributed by atoms with Gasteiger partial charge in [0.1, 0.15) is 0 Å². The minimum absolute atomic E-state index is 0.0954. The van der Waals surface area contributed by atoms with E-state index in [1.807, 2.05) is 34.7 Å². The Morgan fingerprint density at radius 3 is 3.05 bits per heavy atom. The van der Waals surface area contributed by atoms with E-state index >= 15 is 0 Å². The first-order valence-corrected chi connectivity index (χ1v) is 7.58. The molecule has 3 heterocycles. The molecular weight excluding hydrogens is 280 g/mol. The Bertz CT molecular complexity index is 653. The summed E-state index contributed by atoms with van der Waals surface area (Å²) in [6, 6.07) is 5.65. The number of pyridine rings is 1. The maximum absolute atomic E-state index is 12.4. The number of aromatic nitrogens is 3. The van der Waals surface area contributed by atoms with Crippen molar-refractivity contribution in [2.75, 3.05) is 6.54 Å². The van der Waals surface area contributed by atoms with Gasteiger partial charge in [0.25, 0.3) is 0 Å². The SMILES string of the molecule is CC[C@@H](O)c1cc2n(n1)CCN(C(=O)Cc1cccnc1)C2. The molecule has 0 bridgehead atoms. The minimum Gasteiger partial charge on any atom is -0.387 e. The number of hydrogen-bond acceptors (Lipinski definition) is 4. The summed E-state index contributed by atoms with van der Waals surface area (Å²) in [6.07, 6.45) is 3.90. The first-order valence-electron chi connectivity index (χ1n) is 7.58. The van der Waals surface area contributed by atoms with Gasteiger partial charge in [0.15, 0.2) is 0 Å². The molecule has 0 unspecified atom stereocenters. The molecule has 0 spiro atoms. The lowest BCUT2D eigenvalue weighted by Gasteiger charge is -2.27. The molecule has 2 aromatic heterocycles. The molecule has 2 aromatic rings. The second kappa shape index (κ2) is 6.27. The fourth-order valence-corrected chi connectivity index (χ4v) is 2.66. The highest BCUT2D eigenvalue weighted by Crippen LogP contribution is 2.20. The maximum atomic E-state index is 12.4. The molecule has 0 fully saturated rings. The first kappa shape index (κ1) is 14.7. The summed E-state index contributed by atoms with van der Waals surface area (Å²) in [7, 11) is 0. The summed E-state index contributed by atoms with van der Waals surface area (Å²) < 4.78 is 1.89. The Labute approximate surface area is 129 Å². The molecule has 0 aromatic carbocycles. The Hall–Kier alpha value is -2.21. The van der Waals surface area contributed by atoms with Crippen LogP contribution in [-0.2, 0) is 24.3 Å². The summed E-state index contributed by atoms with van der Waals surface area (Å²) >= 11 is 0. The van der Waals surface area contributed by atoms with Crippen LogP contribution in [0.4, 0.5) is 0 Å². The average molecular weight is 300 g/mol. The molecule has 0 saturated carbocycles. The van der Waals surface area contributed by atoms with E-state index < -0.39 is 6.10 Å². The van der Waals surface area contributed by atoms with Crippen LogP contribution >= 0.6 is 0 Å². The third kappa shape index (κ3) is 3.01. The first-order chi connectivity index (χ1) is 10.7. The Kier molecular flexibility index (Phi) is 4.20. The largest absolute Gasteiger partial charge is 0.387 e. The van der Waals surface area contributed by atoms with Crippen LogP contribution in [0.15, 0.2) is 30.6 Å². The van der Waals surface area contributed by atoms with Crippen LogP contribution in [0.25, 0.3) is 0 Å². The van der Waals surface area contributed by atoms with E-state index in [2.05, 4.69) is 10.1 Å². The molecular formula is C16H20N4O2. The average Bonchev–Trinajstić information content (AvgIpc) is 2.98. The zero-order valence-corrected chi connectivity index (χ0v) is 12.6. The van der Waals surface area contributed by atoms with Gasteiger partial charge in [-0.05, 0) is 24.1 Å². The van der Waals surface area contributed by atoms with Crippen LogP contribution in [-0.4, -0.2) is 37.2 Å². The van der Waals surface area contributed by atoms with Crippen molar-refractivity contribution in [2.24, 2.45) is 0 Å². The van der Waals surface area contributed by atoms with Gasteiger partial charge in [0, 0.05) is 18.9 Å². The Morgan fingerprint density at radius 2 is 2.32 bits per heavy atom. The highest BCUT2D eigenvalue weighted by molar-refractivity contribution is 5.78. The molecule has 0 saturated heterocycles. The second-order valence-electron chi connectivity index (χ2n) is 5.56. The zero-order valence-electron chi connectivity index (χ0n) is 12.6. The maximum Gasteiger partial charge on any atom is 0.227 e. The highest BCUT2D eigenvalue weighted by Gasteiger charge is 2.23.